The van der Waals surface area contributed by atoms with Crippen molar-refractivity contribution in [3.8, 4) is 0 Å². The molecular weight excluding hydrogens is 293 g/mol. The van der Waals surface area contributed by atoms with Crippen LogP contribution >= 0.6 is 11.6 Å². The average Bonchev–Trinajstić information content (AvgIpc) is 3.01. The highest BCUT2D eigenvalue weighted by Gasteiger charge is 2.36. The van der Waals surface area contributed by atoms with Gasteiger partial charge in [0.1, 0.15) is 11.7 Å². The van der Waals surface area contributed by atoms with Crippen molar-refractivity contribution in [3.63, 3.8) is 0 Å². The molecule has 1 aromatic carbocycles. The number of amides is 1. The minimum atomic E-state index is -0.608. The van der Waals surface area contributed by atoms with E-state index in [2.05, 4.69) is 15.3 Å². The van der Waals surface area contributed by atoms with E-state index in [-0.39, 0.29) is 17.0 Å². The largest absolute Gasteiger partial charge is 0.325 e. The first-order chi connectivity index (χ1) is 10.1. The molecule has 21 heavy (non-hydrogen) atoms. The van der Waals surface area contributed by atoms with Crippen molar-refractivity contribution in [1.29, 1.82) is 0 Å². The molecule has 106 valence electrons. The fourth-order valence-corrected chi connectivity index (χ4v) is 3.37. The van der Waals surface area contributed by atoms with Crippen molar-refractivity contribution < 1.29 is 9.18 Å². The number of hydrogen-bond acceptors (Lipinski definition) is 3. The number of halogens is 2. The van der Waals surface area contributed by atoms with Gasteiger partial charge in [-0.3, -0.25) is 4.79 Å². The van der Waals surface area contributed by atoms with Crippen LogP contribution in [-0.4, -0.2) is 15.9 Å². The summed E-state index contributed by atoms with van der Waals surface area (Å²) in [6, 6.07) is 4.29. The zero-order valence-electron chi connectivity index (χ0n) is 11.0. The molecule has 1 aliphatic heterocycles. The third-order valence-electron chi connectivity index (χ3n) is 4.06. The fraction of sp³-hybridized carbons (Fsp3) is 0.267. The van der Waals surface area contributed by atoms with Gasteiger partial charge in [0, 0.05) is 11.4 Å². The molecule has 2 aromatic rings. The molecule has 0 radical (unpaired) electrons. The second kappa shape index (κ2) is 4.49. The zero-order chi connectivity index (χ0) is 14.6. The van der Waals surface area contributed by atoms with Crippen LogP contribution in [0.15, 0.2) is 18.2 Å². The maximum Gasteiger partial charge on any atom is 0.238 e. The van der Waals surface area contributed by atoms with E-state index in [1.165, 1.54) is 12.1 Å². The number of anilines is 1. The van der Waals surface area contributed by atoms with Crippen LogP contribution in [0.4, 0.5) is 10.1 Å². The van der Waals surface area contributed by atoms with Gasteiger partial charge in [-0.1, -0.05) is 0 Å². The van der Waals surface area contributed by atoms with E-state index in [0.29, 0.717) is 16.9 Å². The van der Waals surface area contributed by atoms with E-state index >= 15 is 0 Å². The summed E-state index contributed by atoms with van der Waals surface area (Å²) in [6.07, 6.45) is 2.65. The second-order valence-electron chi connectivity index (χ2n) is 5.31. The highest BCUT2D eigenvalue weighted by molar-refractivity contribution is 6.28. The Labute approximate surface area is 125 Å². The monoisotopic (exact) mass is 303 g/mol. The summed E-state index contributed by atoms with van der Waals surface area (Å²) in [4.78, 5) is 20.8. The highest BCUT2D eigenvalue weighted by Crippen LogP contribution is 2.40. The number of nitrogens with zero attached hydrogens (tertiary/aromatic N) is 2. The number of fused-ring (bicyclic) bond motifs is 2. The maximum absolute atomic E-state index is 13.5. The van der Waals surface area contributed by atoms with E-state index in [4.69, 9.17) is 11.6 Å². The molecule has 0 saturated heterocycles. The van der Waals surface area contributed by atoms with Gasteiger partial charge in [0.25, 0.3) is 0 Å². The van der Waals surface area contributed by atoms with Crippen molar-refractivity contribution in [2.24, 2.45) is 0 Å². The molecule has 1 unspecified atom stereocenters. The number of nitrogens with one attached hydrogen (secondary N) is 1. The van der Waals surface area contributed by atoms with E-state index in [0.717, 1.165) is 30.5 Å². The Hall–Kier alpha value is -2.01. The maximum atomic E-state index is 13.5. The van der Waals surface area contributed by atoms with Crippen LogP contribution in [0.3, 0.4) is 0 Å². The van der Waals surface area contributed by atoms with Crippen molar-refractivity contribution in [2.75, 3.05) is 5.32 Å². The Bertz CT molecular complexity index is 778. The summed E-state index contributed by atoms with van der Waals surface area (Å²) in [5.74, 6) is -1.17. The van der Waals surface area contributed by atoms with Gasteiger partial charge in [-0.05, 0) is 60.2 Å². The highest BCUT2D eigenvalue weighted by atomic mass is 35.5. The van der Waals surface area contributed by atoms with Gasteiger partial charge in [-0.15, -0.1) is 0 Å². The number of carbonyl (C=O) groups is 1. The zero-order valence-corrected chi connectivity index (χ0v) is 11.7. The lowest BCUT2D eigenvalue weighted by Gasteiger charge is -2.13. The molecule has 1 aromatic heterocycles. The lowest BCUT2D eigenvalue weighted by molar-refractivity contribution is -0.116. The summed E-state index contributed by atoms with van der Waals surface area (Å²) < 4.78 is 13.5. The first kappa shape index (κ1) is 12.7. The van der Waals surface area contributed by atoms with Crippen LogP contribution in [0.2, 0.25) is 5.28 Å². The van der Waals surface area contributed by atoms with Crippen LogP contribution in [0.5, 0.6) is 0 Å². The van der Waals surface area contributed by atoms with Crippen LogP contribution in [0.25, 0.3) is 0 Å². The van der Waals surface area contributed by atoms with E-state index in [9.17, 15) is 9.18 Å². The standard InChI is InChI=1S/C15H11ClFN3O/c16-15-19-10-3-1-2-8(10)13(20-15)12-9-6-7(17)4-5-11(9)18-14(12)21/h4-6,12H,1-3H2,(H,18,21). The number of aromatic nitrogens is 2. The molecule has 0 fully saturated rings. The van der Waals surface area contributed by atoms with E-state index in [1.54, 1.807) is 6.07 Å². The normalized spacial score (nSPS) is 19.3. The van der Waals surface area contributed by atoms with Crippen LogP contribution in [0.1, 0.15) is 34.9 Å². The summed E-state index contributed by atoms with van der Waals surface area (Å²) in [7, 11) is 0. The molecule has 2 aliphatic rings. The lowest BCUT2D eigenvalue weighted by Crippen LogP contribution is -2.17. The summed E-state index contributed by atoms with van der Waals surface area (Å²) in [5.41, 5.74) is 3.75. The van der Waals surface area contributed by atoms with E-state index in [1.807, 2.05) is 0 Å². The Kier molecular flexibility index (Phi) is 2.72. The molecule has 0 bridgehead atoms. The van der Waals surface area contributed by atoms with Gasteiger partial charge < -0.3 is 5.32 Å². The van der Waals surface area contributed by atoms with Gasteiger partial charge in [-0.25, -0.2) is 14.4 Å². The van der Waals surface area contributed by atoms with Gasteiger partial charge in [0.05, 0.1) is 5.69 Å². The molecule has 1 amide bonds. The molecule has 6 heteroatoms. The van der Waals surface area contributed by atoms with Crippen molar-refractivity contribution >= 4 is 23.2 Å². The first-order valence-electron chi connectivity index (χ1n) is 6.79. The number of rotatable bonds is 1. The molecular formula is C15H11ClFN3O. The quantitative estimate of drug-likeness (QED) is 0.824. The Morgan fingerprint density at radius 2 is 2.14 bits per heavy atom. The summed E-state index contributed by atoms with van der Waals surface area (Å²) >= 11 is 5.99. The summed E-state index contributed by atoms with van der Waals surface area (Å²) in [6.45, 7) is 0. The van der Waals surface area contributed by atoms with Gasteiger partial charge in [0.2, 0.25) is 11.2 Å². The Morgan fingerprint density at radius 1 is 1.29 bits per heavy atom. The average molecular weight is 304 g/mol. The number of hydrogen-bond donors (Lipinski definition) is 1. The molecule has 0 saturated carbocycles. The molecule has 0 spiro atoms. The predicted octanol–water partition coefficient (Wildman–Crippen LogP) is 2.84. The fourth-order valence-electron chi connectivity index (χ4n) is 3.17. The minimum Gasteiger partial charge on any atom is -0.325 e. The number of aryl methyl sites for hydroxylation is 1. The van der Waals surface area contributed by atoms with Crippen LogP contribution in [0, 0.1) is 5.82 Å². The first-order valence-corrected chi connectivity index (χ1v) is 7.17. The van der Waals surface area contributed by atoms with Crippen LogP contribution in [-0.2, 0) is 17.6 Å². The van der Waals surface area contributed by atoms with Crippen LogP contribution < -0.4 is 5.32 Å². The van der Waals surface area contributed by atoms with E-state index < -0.39 is 5.92 Å². The SMILES string of the molecule is O=C1Nc2ccc(F)cc2C1c1nc(Cl)nc2c1CCC2. The van der Waals surface area contributed by atoms with Gasteiger partial charge in [-0.2, -0.15) is 0 Å². The number of benzene rings is 1. The lowest BCUT2D eigenvalue weighted by atomic mass is 9.93. The number of carbonyl (C=O) groups excluding carboxylic acids is 1. The molecule has 1 aliphatic carbocycles. The topological polar surface area (TPSA) is 54.9 Å². The van der Waals surface area contributed by atoms with Crippen molar-refractivity contribution in [1.82, 2.24) is 9.97 Å². The summed E-state index contributed by atoms with van der Waals surface area (Å²) in [5, 5.41) is 2.92. The smallest absolute Gasteiger partial charge is 0.238 e. The molecule has 4 nitrogen and oxygen atoms in total. The second-order valence-corrected chi connectivity index (χ2v) is 5.65. The van der Waals surface area contributed by atoms with Gasteiger partial charge in [0.15, 0.2) is 0 Å². The molecule has 4 rings (SSSR count). The van der Waals surface area contributed by atoms with Crippen molar-refractivity contribution in [3.05, 3.63) is 51.8 Å². The Balaban J connectivity index is 1.92. The third kappa shape index (κ3) is 1.92. The predicted molar refractivity (Wildman–Crippen MR) is 75.9 cm³/mol. The van der Waals surface area contributed by atoms with Crippen molar-refractivity contribution in [2.45, 2.75) is 25.2 Å². The Morgan fingerprint density at radius 3 is 3.00 bits per heavy atom. The van der Waals surface area contributed by atoms with Gasteiger partial charge >= 0.3 is 0 Å². The third-order valence-corrected chi connectivity index (χ3v) is 4.22. The molecule has 2 heterocycles. The molecule has 1 atom stereocenters. The minimum absolute atomic E-state index is 0.142. The molecule has 1 N–H and O–H groups in total.